The Morgan fingerprint density at radius 2 is 2.14 bits per heavy atom. The van der Waals surface area contributed by atoms with Crippen molar-refractivity contribution in [2.45, 2.75) is 69.6 Å². The number of likely N-dealkylation sites (tertiary alicyclic amines) is 1. The summed E-state index contributed by atoms with van der Waals surface area (Å²) in [6.45, 7) is 6.98. The van der Waals surface area contributed by atoms with Crippen LogP contribution in [0.4, 0.5) is 0 Å². The van der Waals surface area contributed by atoms with Gasteiger partial charge in [-0.15, -0.1) is 0 Å². The van der Waals surface area contributed by atoms with Crippen molar-refractivity contribution in [1.82, 2.24) is 10.2 Å². The fraction of sp³-hybridized carbons (Fsp3) is 1.00. The maximum absolute atomic E-state index is 6.26. The van der Waals surface area contributed by atoms with Crippen molar-refractivity contribution >= 4 is 11.8 Å². The van der Waals surface area contributed by atoms with Gasteiger partial charge in [-0.2, -0.15) is 11.8 Å². The second-order valence-electron chi connectivity index (χ2n) is 7.08. The van der Waals surface area contributed by atoms with Crippen molar-refractivity contribution in [2.75, 3.05) is 37.7 Å². The highest BCUT2D eigenvalue weighted by molar-refractivity contribution is 7.99. The van der Waals surface area contributed by atoms with E-state index < -0.39 is 0 Å². The van der Waals surface area contributed by atoms with E-state index in [1.807, 2.05) is 0 Å². The molecule has 1 N–H and O–H groups in total. The molecule has 2 unspecified atom stereocenters. The molecule has 21 heavy (non-hydrogen) atoms. The smallest absolute Gasteiger partial charge is 0.0713 e. The lowest BCUT2D eigenvalue weighted by Gasteiger charge is -2.48. The zero-order valence-corrected chi connectivity index (χ0v) is 14.4. The summed E-state index contributed by atoms with van der Waals surface area (Å²) in [7, 11) is 0. The van der Waals surface area contributed by atoms with Crippen molar-refractivity contribution in [3.05, 3.63) is 0 Å². The number of rotatable bonds is 4. The van der Waals surface area contributed by atoms with Crippen LogP contribution in [0.25, 0.3) is 0 Å². The molecule has 0 amide bonds. The number of piperidine rings is 1. The van der Waals surface area contributed by atoms with Gasteiger partial charge in [-0.25, -0.2) is 0 Å². The predicted octanol–water partition coefficient (Wildman–Crippen LogP) is 2.90. The van der Waals surface area contributed by atoms with E-state index in [-0.39, 0.29) is 5.60 Å². The molecule has 0 aromatic carbocycles. The summed E-state index contributed by atoms with van der Waals surface area (Å²) in [5, 5.41) is 3.74. The highest BCUT2D eigenvalue weighted by Gasteiger charge is 2.41. The Morgan fingerprint density at radius 3 is 2.95 bits per heavy atom. The number of hydrogen-bond acceptors (Lipinski definition) is 4. The largest absolute Gasteiger partial charge is 0.375 e. The minimum Gasteiger partial charge on any atom is -0.375 e. The molecule has 0 bridgehead atoms. The molecule has 0 radical (unpaired) electrons. The normalized spacial score (nSPS) is 34.1. The number of ether oxygens (including phenoxy) is 1. The lowest BCUT2D eigenvalue weighted by Crippen LogP contribution is -2.55. The average molecular weight is 313 g/mol. The molecule has 3 aliphatic rings. The summed E-state index contributed by atoms with van der Waals surface area (Å²) in [4.78, 5) is 2.78. The molecule has 1 spiro atoms. The van der Waals surface area contributed by atoms with Gasteiger partial charge in [-0.1, -0.05) is 6.92 Å². The van der Waals surface area contributed by atoms with Crippen LogP contribution in [-0.2, 0) is 4.74 Å². The van der Waals surface area contributed by atoms with Crippen molar-refractivity contribution in [3.8, 4) is 0 Å². The van der Waals surface area contributed by atoms with Gasteiger partial charge in [0.05, 0.1) is 5.60 Å². The van der Waals surface area contributed by atoms with Gasteiger partial charge in [0.1, 0.15) is 0 Å². The molecule has 3 heterocycles. The summed E-state index contributed by atoms with van der Waals surface area (Å²) in [5.74, 6) is 2.60. The SMILES string of the molecule is CCCNC1CCCN(C2CCOC3(CCSCC3)C2)C1. The minimum atomic E-state index is 0.234. The van der Waals surface area contributed by atoms with Gasteiger partial charge in [0.2, 0.25) is 0 Å². The van der Waals surface area contributed by atoms with Gasteiger partial charge < -0.3 is 10.1 Å². The summed E-state index contributed by atoms with van der Waals surface area (Å²) in [6, 6.07) is 1.49. The van der Waals surface area contributed by atoms with Gasteiger partial charge in [0.25, 0.3) is 0 Å². The zero-order valence-electron chi connectivity index (χ0n) is 13.6. The van der Waals surface area contributed by atoms with Crippen molar-refractivity contribution in [1.29, 1.82) is 0 Å². The summed E-state index contributed by atoms with van der Waals surface area (Å²) >= 11 is 2.11. The van der Waals surface area contributed by atoms with Gasteiger partial charge >= 0.3 is 0 Å². The highest BCUT2D eigenvalue weighted by atomic mass is 32.2. The molecule has 3 nitrogen and oxygen atoms in total. The molecule has 2 atom stereocenters. The first-order valence-corrected chi connectivity index (χ1v) is 10.2. The lowest BCUT2D eigenvalue weighted by atomic mass is 9.84. The third-order valence-electron chi connectivity index (χ3n) is 5.52. The van der Waals surface area contributed by atoms with Crippen molar-refractivity contribution < 1.29 is 4.74 Å². The average Bonchev–Trinajstić information content (AvgIpc) is 2.54. The van der Waals surface area contributed by atoms with Crippen LogP contribution >= 0.6 is 11.8 Å². The van der Waals surface area contributed by atoms with Crippen LogP contribution in [0, 0.1) is 0 Å². The first-order chi connectivity index (χ1) is 10.3. The Bertz CT molecular complexity index is 314. The highest BCUT2D eigenvalue weighted by Crippen LogP contribution is 2.39. The number of hydrogen-bond donors (Lipinski definition) is 1. The molecule has 0 aromatic heterocycles. The van der Waals surface area contributed by atoms with Crippen molar-refractivity contribution in [2.24, 2.45) is 0 Å². The van der Waals surface area contributed by atoms with Gasteiger partial charge in [0.15, 0.2) is 0 Å². The number of nitrogens with zero attached hydrogens (tertiary/aromatic N) is 1. The lowest BCUT2D eigenvalue weighted by molar-refractivity contribution is -0.113. The molecule has 4 heteroatoms. The Morgan fingerprint density at radius 1 is 1.29 bits per heavy atom. The van der Waals surface area contributed by atoms with Crippen LogP contribution in [-0.4, -0.2) is 60.3 Å². The van der Waals surface area contributed by atoms with Gasteiger partial charge in [0, 0.05) is 25.2 Å². The van der Waals surface area contributed by atoms with E-state index in [9.17, 15) is 0 Å². The van der Waals surface area contributed by atoms with E-state index in [4.69, 9.17) is 4.74 Å². The molecular formula is C17H32N2OS. The quantitative estimate of drug-likeness (QED) is 0.863. The molecule has 0 saturated carbocycles. The monoisotopic (exact) mass is 312 g/mol. The molecule has 3 saturated heterocycles. The Labute approximate surface area is 134 Å². The third-order valence-corrected chi connectivity index (χ3v) is 6.51. The molecule has 3 aliphatic heterocycles. The standard InChI is InChI=1S/C17H32N2OS/c1-2-8-18-15-4-3-9-19(14-15)16-5-10-20-17(13-16)6-11-21-12-7-17/h15-16,18H,2-14H2,1H3. The van der Waals surface area contributed by atoms with Crippen LogP contribution in [0.3, 0.4) is 0 Å². The van der Waals surface area contributed by atoms with E-state index in [0.29, 0.717) is 0 Å². The molecular weight excluding hydrogens is 280 g/mol. The second-order valence-corrected chi connectivity index (χ2v) is 8.30. The van der Waals surface area contributed by atoms with Gasteiger partial charge in [-0.05, 0) is 69.5 Å². The van der Waals surface area contributed by atoms with E-state index in [0.717, 1.165) is 18.7 Å². The number of thioether (sulfide) groups is 1. The van der Waals surface area contributed by atoms with Crippen LogP contribution in [0.5, 0.6) is 0 Å². The number of nitrogens with one attached hydrogen (secondary N) is 1. The maximum atomic E-state index is 6.26. The molecule has 122 valence electrons. The van der Waals surface area contributed by atoms with Crippen LogP contribution in [0.15, 0.2) is 0 Å². The second kappa shape index (κ2) is 7.67. The Hall–Kier alpha value is 0.230. The van der Waals surface area contributed by atoms with Crippen LogP contribution in [0.2, 0.25) is 0 Å². The van der Waals surface area contributed by atoms with Crippen molar-refractivity contribution in [3.63, 3.8) is 0 Å². The Balaban J connectivity index is 1.55. The predicted molar refractivity (Wildman–Crippen MR) is 91.2 cm³/mol. The van der Waals surface area contributed by atoms with Crippen LogP contribution in [0.1, 0.15) is 51.9 Å². The minimum absolute atomic E-state index is 0.234. The molecule has 3 rings (SSSR count). The first kappa shape index (κ1) is 16.1. The summed E-state index contributed by atoms with van der Waals surface area (Å²) in [5.41, 5.74) is 0.234. The fourth-order valence-corrected chi connectivity index (χ4v) is 5.50. The summed E-state index contributed by atoms with van der Waals surface area (Å²) in [6.07, 6.45) is 9.06. The first-order valence-electron chi connectivity index (χ1n) is 9.00. The molecule has 0 aliphatic carbocycles. The fourth-order valence-electron chi connectivity index (χ4n) is 4.26. The topological polar surface area (TPSA) is 24.5 Å². The third kappa shape index (κ3) is 4.15. The van der Waals surface area contributed by atoms with E-state index in [2.05, 4.69) is 28.9 Å². The summed E-state index contributed by atoms with van der Waals surface area (Å²) < 4.78 is 6.26. The van der Waals surface area contributed by atoms with Gasteiger partial charge in [-0.3, -0.25) is 4.90 Å². The van der Waals surface area contributed by atoms with E-state index in [1.54, 1.807) is 0 Å². The van der Waals surface area contributed by atoms with Crippen LogP contribution < -0.4 is 5.32 Å². The molecule has 0 aromatic rings. The zero-order chi connectivity index (χ0) is 14.5. The Kier molecular flexibility index (Phi) is 5.88. The maximum Gasteiger partial charge on any atom is 0.0713 e. The molecule has 3 fully saturated rings. The van der Waals surface area contributed by atoms with E-state index in [1.165, 1.54) is 76.1 Å². The van der Waals surface area contributed by atoms with E-state index >= 15 is 0 Å².